The van der Waals surface area contributed by atoms with E-state index in [1.54, 1.807) is 31.0 Å². The number of amides is 1. The number of para-hydroxylation sites is 1. The van der Waals surface area contributed by atoms with Gasteiger partial charge in [0, 0.05) is 19.3 Å². The third-order valence-electron chi connectivity index (χ3n) is 3.62. The van der Waals surface area contributed by atoms with Crippen molar-refractivity contribution in [3.8, 4) is 5.75 Å². The first-order valence-corrected chi connectivity index (χ1v) is 7.63. The first kappa shape index (κ1) is 16.8. The number of nitrogens with one attached hydrogen (secondary N) is 1. The van der Waals surface area contributed by atoms with Gasteiger partial charge >= 0.3 is 0 Å². The van der Waals surface area contributed by atoms with E-state index in [9.17, 15) is 9.59 Å². The van der Waals surface area contributed by atoms with E-state index in [1.807, 2.05) is 31.2 Å². The van der Waals surface area contributed by atoms with E-state index in [-0.39, 0.29) is 17.0 Å². The fourth-order valence-electron chi connectivity index (χ4n) is 2.25. The van der Waals surface area contributed by atoms with Gasteiger partial charge in [-0.25, -0.2) is 0 Å². The fraction of sp³-hybridized carbons (Fsp3) is 0.333. The molecule has 2 rings (SSSR count). The highest BCUT2D eigenvalue weighted by Gasteiger charge is 2.15. The van der Waals surface area contributed by atoms with Crippen molar-refractivity contribution in [1.29, 1.82) is 0 Å². The minimum Gasteiger partial charge on any atom is -0.493 e. The molecule has 1 heterocycles. The van der Waals surface area contributed by atoms with Crippen molar-refractivity contribution in [2.75, 3.05) is 20.2 Å². The maximum atomic E-state index is 12.3. The average molecular weight is 314 g/mol. The molecule has 2 aromatic rings. The van der Waals surface area contributed by atoms with Crippen molar-refractivity contribution in [3.05, 3.63) is 63.6 Å². The molecule has 0 atom stereocenters. The van der Waals surface area contributed by atoms with Gasteiger partial charge in [0.2, 0.25) is 0 Å². The number of nitrogens with zero attached hydrogens (tertiary/aromatic N) is 1. The molecule has 0 spiro atoms. The van der Waals surface area contributed by atoms with Gasteiger partial charge in [-0.15, -0.1) is 0 Å². The summed E-state index contributed by atoms with van der Waals surface area (Å²) in [7, 11) is 1.69. The minimum atomic E-state index is -0.349. The van der Waals surface area contributed by atoms with Crippen LogP contribution in [0, 0.1) is 13.8 Å². The molecule has 5 nitrogen and oxygen atoms in total. The average Bonchev–Trinajstić information content (AvgIpc) is 2.52. The number of pyridine rings is 1. The molecule has 0 saturated heterocycles. The van der Waals surface area contributed by atoms with E-state index >= 15 is 0 Å². The van der Waals surface area contributed by atoms with Crippen LogP contribution in [0.2, 0.25) is 0 Å². The van der Waals surface area contributed by atoms with Gasteiger partial charge in [-0.3, -0.25) is 9.59 Å². The molecule has 1 aromatic carbocycles. The smallest absolute Gasteiger partial charge is 0.260 e. The van der Waals surface area contributed by atoms with Crippen molar-refractivity contribution in [3.63, 3.8) is 0 Å². The summed E-state index contributed by atoms with van der Waals surface area (Å²) in [6, 6.07) is 11.1. The summed E-state index contributed by atoms with van der Waals surface area (Å²) in [5.74, 6) is 0.582. The molecule has 1 amide bonds. The number of benzene rings is 1. The lowest BCUT2D eigenvalue weighted by atomic mass is 10.2. The highest BCUT2D eigenvalue weighted by atomic mass is 16.5. The van der Waals surface area contributed by atoms with Crippen LogP contribution in [0.3, 0.4) is 0 Å². The standard InChI is InChI=1S/C18H22N2O3/c1-13-7-4-5-8-16(13)23-12-6-11-20(3)18(22)15-10-9-14(2)19-17(15)21/h4-5,7-10H,6,11-12H2,1-3H3,(H,19,21). The summed E-state index contributed by atoms with van der Waals surface area (Å²) >= 11 is 0. The lowest BCUT2D eigenvalue weighted by molar-refractivity contribution is 0.0786. The van der Waals surface area contributed by atoms with Gasteiger partial charge in [0.25, 0.3) is 11.5 Å². The summed E-state index contributed by atoms with van der Waals surface area (Å²) in [4.78, 5) is 28.3. The Labute approximate surface area is 135 Å². The molecule has 0 aliphatic rings. The van der Waals surface area contributed by atoms with Crippen LogP contribution in [-0.4, -0.2) is 36.0 Å². The first-order chi connectivity index (χ1) is 11.0. The molecule has 0 bridgehead atoms. The minimum absolute atomic E-state index is 0.165. The second-order valence-electron chi connectivity index (χ2n) is 5.58. The zero-order valence-corrected chi connectivity index (χ0v) is 13.8. The van der Waals surface area contributed by atoms with Crippen LogP contribution in [-0.2, 0) is 0 Å². The molecule has 0 radical (unpaired) electrons. The fourth-order valence-corrected chi connectivity index (χ4v) is 2.25. The molecule has 0 unspecified atom stereocenters. The Morgan fingerprint density at radius 3 is 2.61 bits per heavy atom. The molecule has 5 heteroatoms. The SMILES string of the molecule is Cc1ccc(C(=O)N(C)CCCOc2ccccc2C)c(=O)[nH]1. The Balaban J connectivity index is 1.85. The van der Waals surface area contributed by atoms with Crippen molar-refractivity contribution in [2.24, 2.45) is 0 Å². The lowest BCUT2D eigenvalue weighted by Crippen LogP contribution is -2.33. The number of aromatic nitrogens is 1. The van der Waals surface area contributed by atoms with Gasteiger partial charge in [-0.2, -0.15) is 0 Å². The van der Waals surface area contributed by atoms with E-state index in [0.717, 1.165) is 17.0 Å². The third kappa shape index (κ3) is 4.45. The van der Waals surface area contributed by atoms with Crippen molar-refractivity contribution in [2.45, 2.75) is 20.3 Å². The van der Waals surface area contributed by atoms with E-state index in [4.69, 9.17) is 4.74 Å². The normalized spacial score (nSPS) is 10.4. The summed E-state index contributed by atoms with van der Waals surface area (Å²) in [6.07, 6.45) is 0.695. The van der Waals surface area contributed by atoms with Crippen LogP contribution >= 0.6 is 0 Å². The number of H-pyrrole nitrogens is 1. The topological polar surface area (TPSA) is 62.4 Å². The Morgan fingerprint density at radius 1 is 1.17 bits per heavy atom. The summed E-state index contributed by atoms with van der Waals surface area (Å²) < 4.78 is 5.71. The van der Waals surface area contributed by atoms with Crippen LogP contribution in [0.1, 0.15) is 28.0 Å². The van der Waals surface area contributed by atoms with Crippen LogP contribution in [0.5, 0.6) is 5.75 Å². The van der Waals surface area contributed by atoms with Crippen LogP contribution < -0.4 is 10.3 Å². The summed E-state index contributed by atoms with van der Waals surface area (Å²) in [6.45, 7) is 4.82. The number of hydrogen-bond acceptors (Lipinski definition) is 3. The lowest BCUT2D eigenvalue weighted by Gasteiger charge is -2.17. The van der Waals surface area contributed by atoms with Crippen molar-refractivity contribution in [1.82, 2.24) is 9.88 Å². The van der Waals surface area contributed by atoms with E-state index in [1.165, 1.54) is 0 Å². The first-order valence-electron chi connectivity index (χ1n) is 7.63. The molecule has 0 aliphatic heterocycles. The number of hydrogen-bond donors (Lipinski definition) is 1. The molecule has 0 fully saturated rings. The Hall–Kier alpha value is -2.56. The van der Waals surface area contributed by atoms with Crippen molar-refractivity contribution >= 4 is 5.91 Å². The van der Waals surface area contributed by atoms with Gasteiger partial charge in [0.15, 0.2) is 0 Å². The van der Waals surface area contributed by atoms with E-state index in [0.29, 0.717) is 19.6 Å². The summed E-state index contributed by atoms with van der Waals surface area (Å²) in [5, 5.41) is 0. The van der Waals surface area contributed by atoms with Crippen LogP contribution in [0.15, 0.2) is 41.2 Å². The highest BCUT2D eigenvalue weighted by molar-refractivity contribution is 5.93. The molecule has 23 heavy (non-hydrogen) atoms. The second kappa shape index (κ2) is 7.63. The zero-order valence-electron chi connectivity index (χ0n) is 13.8. The van der Waals surface area contributed by atoms with Gasteiger partial charge in [0.05, 0.1) is 6.61 Å². The van der Waals surface area contributed by atoms with Gasteiger partial charge in [-0.1, -0.05) is 18.2 Å². The van der Waals surface area contributed by atoms with Crippen LogP contribution in [0.4, 0.5) is 0 Å². The number of rotatable bonds is 6. The largest absolute Gasteiger partial charge is 0.493 e. The Bertz CT molecular complexity index is 737. The second-order valence-corrected chi connectivity index (χ2v) is 5.58. The number of aromatic amines is 1. The molecule has 1 aromatic heterocycles. The molecular formula is C18H22N2O3. The van der Waals surface area contributed by atoms with E-state index in [2.05, 4.69) is 4.98 Å². The molecule has 0 saturated carbocycles. The molecular weight excluding hydrogens is 292 g/mol. The highest BCUT2D eigenvalue weighted by Crippen LogP contribution is 2.16. The van der Waals surface area contributed by atoms with Crippen LogP contribution in [0.25, 0.3) is 0 Å². The molecule has 0 aliphatic carbocycles. The number of carbonyl (C=O) groups is 1. The number of carbonyl (C=O) groups excluding carboxylic acids is 1. The zero-order chi connectivity index (χ0) is 16.8. The predicted molar refractivity (Wildman–Crippen MR) is 90.1 cm³/mol. The van der Waals surface area contributed by atoms with E-state index < -0.39 is 0 Å². The van der Waals surface area contributed by atoms with Gasteiger partial charge < -0.3 is 14.6 Å². The third-order valence-corrected chi connectivity index (χ3v) is 3.62. The monoisotopic (exact) mass is 314 g/mol. The summed E-state index contributed by atoms with van der Waals surface area (Å²) in [5.41, 5.74) is 1.64. The number of aryl methyl sites for hydroxylation is 2. The quantitative estimate of drug-likeness (QED) is 0.833. The Morgan fingerprint density at radius 2 is 1.91 bits per heavy atom. The molecule has 122 valence electrons. The predicted octanol–water partition coefficient (Wildman–Crippen LogP) is 2.53. The maximum absolute atomic E-state index is 12.3. The van der Waals surface area contributed by atoms with Gasteiger partial charge in [-0.05, 0) is 44.0 Å². The Kier molecular flexibility index (Phi) is 5.57. The maximum Gasteiger partial charge on any atom is 0.260 e. The molecule has 1 N–H and O–H groups in total. The number of ether oxygens (including phenoxy) is 1. The van der Waals surface area contributed by atoms with Gasteiger partial charge in [0.1, 0.15) is 11.3 Å². The van der Waals surface area contributed by atoms with Crippen molar-refractivity contribution < 1.29 is 9.53 Å².